The predicted octanol–water partition coefficient (Wildman–Crippen LogP) is 5.02. The van der Waals surface area contributed by atoms with E-state index >= 15 is 0 Å². The van der Waals surface area contributed by atoms with Crippen molar-refractivity contribution >= 4 is 17.3 Å². The van der Waals surface area contributed by atoms with Crippen molar-refractivity contribution in [2.75, 3.05) is 13.1 Å². The van der Waals surface area contributed by atoms with Gasteiger partial charge in [-0.15, -0.1) is 0 Å². The third kappa shape index (κ3) is 4.81. The fraction of sp³-hybridized carbons (Fsp3) is 0.296. The van der Waals surface area contributed by atoms with Gasteiger partial charge in [-0.1, -0.05) is 90.5 Å². The van der Waals surface area contributed by atoms with Gasteiger partial charge in [-0.3, -0.25) is 0 Å². The lowest BCUT2D eigenvalue weighted by molar-refractivity contribution is -0.00660. The lowest BCUT2D eigenvalue weighted by Gasteiger charge is -2.43. The van der Waals surface area contributed by atoms with Crippen molar-refractivity contribution in [2.24, 2.45) is 5.92 Å². The Morgan fingerprint density at radius 3 is 1.94 bits per heavy atom. The number of hydrogen-bond donors (Lipinski definition) is 2. The lowest BCUT2D eigenvalue weighted by Crippen LogP contribution is -2.48. The molecule has 3 aromatic rings. The SMILES string of the molecule is Cc1ccc(CNC(=S)N2CCC(C(O)(c3ccccc3)c3ccccc3)CC2)cc1. The molecule has 0 amide bonds. The summed E-state index contributed by atoms with van der Waals surface area (Å²) in [4.78, 5) is 2.23. The van der Waals surface area contributed by atoms with Gasteiger partial charge in [0, 0.05) is 19.6 Å². The average molecular weight is 431 g/mol. The second kappa shape index (κ2) is 9.63. The molecule has 3 nitrogen and oxygen atoms in total. The molecule has 0 spiro atoms. The first-order chi connectivity index (χ1) is 15.1. The van der Waals surface area contributed by atoms with E-state index in [1.807, 2.05) is 60.7 Å². The Labute approximate surface area is 190 Å². The second-order valence-corrected chi connectivity index (χ2v) is 8.79. The van der Waals surface area contributed by atoms with Gasteiger partial charge in [-0.2, -0.15) is 0 Å². The van der Waals surface area contributed by atoms with Crippen LogP contribution in [0.2, 0.25) is 0 Å². The van der Waals surface area contributed by atoms with Crippen LogP contribution in [0.4, 0.5) is 0 Å². The van der Waals surface area contributed by atoms with Gasteiger partial charge < -0.3 is 15.3 Å². The first kappa shape index (κ1) is 21.5. The fourth-order valence-electron chi connectivity index (χ4n) is 4.52. The molecule has 2 N–H and O–H groups in total. The van der Waals surface area contributed by atoms with Crippen molar-refractivity contribution < 1.29 is 5.11 Å². The van der Waals surface area contributed by atoms with Crippen molar-refractivity contribution in [3.63, 3.8) is 0 Å². The molecule has 0 atom stereocenters. The van der Waals surface area contributed by atoms with Gasteiger partial charge in [0.05, 0.1) is 0 Å². The van der Waals surface area contributed by atoms with Gasteiger partial charge in [0.2, 0.25) is 0 Å². The summed E-state index contributed by atoms with van der Waals surface area (Å²) in [5.41, 5.74) is 3.41. The van der Waals surface area contributed by atoms with Crippen molar-refractivity contribution in [3.05, 3.63) is 107 Å². The van der Waals surface area contributed by atoms with Crippen molar-refractivity contribution in [1.82, 2.24) is 10.2 Å². The maximum absolute atomic E-state index is 12.0. The largest absolute Gasteiger partial charge is 0.380 e. The highest BCUT2D eigenvalue weighted by atomic mass is 32.1. The molecule has 1 aliphatic heterocycles. The number of aliphatic hydroxyl groups is 1. The zero-order valence-electron chi connectivity index (χ0n) is 18.0. The summed E-state index contributed by atoms with van der Waals surface area (Å²) in [6, 6.07) is 28.7. The molecule has 0 aromatic heterocycles. The number of thiocarbonyl (C=S) groups is 1. The number of hydrogen-bond acceptors (Lipinski definition) is 2. The van der Waals surface area contributed by atoms with E-state index in [2.05, 4.69) is 41.4 Å². The predicted molar refractivity (Wildman–Crippen MR) is 131 cm³/mol. The van der Waals surface area contributed by atoms with E-state index in [4.69, 9.17) is 12.2 Å². The summed E-state index contributed by atoms with van der Waals surface area (Å²) in [5.74, 6) is 0.133. The van der Waals surface area contributed by atoms with E-state index in [9.17, 15) is 5.11 Å². The summed E-state index contributed by atoms with van der Waals surface area (Å²) in [6.07, 6.45) is 1.76. The van der Waals surface area contributed by atoms with Crippen LogP contribution in [0.1, 0.15) is 35.1 Å². The van der Waals surface area contributed by atoms with Crippen LogP contribution in [0.5, 0.6) is 0 Å². The number of nitrogens with zero attached hydrogens (tertiary/aromatic N) is 1. The number of rotatable bonds is 5. The molecule has 1 fully saturated rings. The van der Waals surface area contributed by atoms with Crippen LogP contribution in [0.15, 0.2) is 84.9 Å². The topological polar surface area (TPSA) is 35.5 Å². The van der Waals surface area contributed by atoms with Gasteiger partial charge in [0.1, 0.15) is 5.60 Å². The molecule has 4 heteroatoms. The number of benzene rings is 3. The number of piperidine rings is 1. The van der Waals surface area contributed by atoms with Crippen LogP contribution >= 0.6 is 12.2 Å². The molecule has 3 aromatic carbocycles. The zero-order chi connectivity index (χ0) is 21.7. The molecule has 31 heavy (non-hydrogen) atoms. The van der Waals surface area contributed by atoms with E-state index in [0.717, 1.165) is 48.7 Å². The molecule has 0 saturated carbocycles. The van der Waals surface area contributed by atoms with Crippen LogP contribution < -0.4 is 5.32 Å². The Bertz CT molecular complexity index is 941. The highest BCUT2D eigenvalue weighted by Gasteiger charge is 2.41. The van der Waals surface area contributed by atoms with Crippen molar-refractivity contribution in [1.29, 1.82) is 0 Å². The van der Waals surface area contributed by atoms with Crippen molar-refractivity contribution in [2.45, 2.75) is 31.9 Å². The molecule has 0 aliphatic carbocycles. The summed E-state index contributed by atoms with van der Waals surface area (Å²) in [6.45, 7) is 4.51. The Kier molecular flexibility index (Phi) is 6.69. The van der Waals surface area contributed by atoms with Crippen LogP contribution in [-0.4, -0.2) is 28.2 Å². The monoisotopic (exact) mass is 430 g/mol. The zero-order valence-corrected chi connectivity index (χ0v) is 18.8. The Balaban J connectivity index is 1.43. The van der Waals surface area contributed by atoms with Gasteiger partial charge in [0.15, 0.2) is 5.11 Å². The van der Waals surface area contributed by atoms with E-state index in [1.54, 1.807) is 0 Å². The quantitative estimate of drug-likeness (QED) is 0.557. The highest BCUT2D eigenvalue weighted by Crippen LogP contribution is 2.41. The molecule has 0 bridgehead atoms. The van der Waals surface area contributed by atoms with Gasteiger partial charge in [-0.25, -0.2) is 0 Å². The summed E-state index contributed by atoms with van der Waals surface area (Å²) >= 11 is 5.67. The number of likely N-dealkylation sites (tertiary alicyclic amines) is 1. The van der Waals surface area contributed by atoms with Crippen LogP contribution in [0, 0.1) is 12.8 Å². The smallest absolute Gasteiger partial charge is 0.169 e. The molecule has 160 valence electrons. The van der Waals surface area contributed by atoms with E-state index in [0.29, 0.717) is 0 Å². The second-order valence-electron chi connectivity index (χ2n) is 8.40. The highest BCUT2D eigenvalue weighted by molar-refractivity contribution is 7.80. The molecule has 4 rings (SSSR count). The number of aryl methyl sites for hydroxylation is 1. The normalized spacial score (nSPS) is 15.0. The van der Waals surface area contributed by atoms with Gasteiger partial charge in [-0.05, 0) is 54.6 Å². The molecule has 1 saturated heterocycles. The minimum atomic E-state index is -0.994. The summed E-state index contributed by atoms with van der Waals surface area (Å²) < 4.78 is 0. The summed E-state index contributed by atoms with van der Waals surface area (Å²) in [7, 11) is 0. The van der Waals surface area contributed by atoms with Crippen LogP contribution in [0.25, 0.3) is 0 Å². The first-order valence-electron chi connectivity index (χ1n) is 11.0. The first-order valence-corrected chi connectivity index (χ1v) is 11.4. The molecular formula is C27H30N2OS. The summed E-state index contributed by atoms with van der Waals surface area (Å²) in [5, 5.41) is 16.2. The molecule has 1 heterocycles. The minimum Gasteiger partial charge on any atom is -0.380 e. The van der Waals surface area contributed by atoms with E-state index < -0.39 is 5.60 Å². The average Bonchev–Trinajstić information content (AvgIpc) is 2.84. The van der Waals surface area contributed by atoms with Gasteiger partial charge in [0.25, 0.3) is 0 Å². The third-order valence-corrected chi connectivity index (χ3v) is 6.77. The van der Waals surface area contributed by atoms with Crippen LogP contribution in [0.3, 0.4) is 0 Å². The Morgan fingerprint density at radius 2 is 1.42 bits per heavy atom. The number of nitrogens with one attached hydrogen (secondary N) is 1. The Hall–Kier alpha value is -2.69. The Morgan fingerprint density at radius 1 is 0.903 bits per heavy atom. The standard InChI is InChI=1S/C27H30N2OS/c1-21-12-14-22(15-13-21)20-28-26(31)29-18-16-25(17-19-29)27(30,23-8-4-2-5-9-23)24-10-6-3-7-11-24/h2-15,25,30H,16-20H2,1H3,(H,28,31). The maximum Gasteiger partial charge on any atom is 0.169 e. The molecule has 1 aliphatic rings. The van der Waals surface area contributed by atoms with E-state index in [1.165, 1.54) is 11.1 Å². The van der Waals surface area contributed by atoms with E-state index in [-0.39, 0.29) is 5.92 Å². The van der Waals surface area contributed by atoms with Gasteiger partial charge >= 0.3 is 0 Å². The molecular weight excluding hydrogens is 400 g/mol. The molecule has 0 radical (unpaired) electrons. The molecule has 0 unspecified atom stereocenters. The fourth-order valence-corrected chi connectivity index (χ4v) is 4.77. The van der Waals surface area contributed by atoms with Crippen LogP contribution in [-0.2, 0) is 12.1 Å². The maximum atomic E-state index is 12.0. The van der Waals surface area contributed by atoms with Crippen molar-refractivity contribution in [3.8, 4) is 0 Å². The minimum absolute atomic E-state index is 0.133. The lowest BCUT2D eigenvalue weighted by atomic mass is 9.72. The third-order valence-electron chi connectivity index (χ3n) is 6.37.